The minimum absolute atomic E-state index is 0.126. The summed E-state index contributed by atoms with van der Waals surface area (Å²) in [5, 5.41) is 21.1. The number of thioether (sulfide) groups is 1. The smallest absolute Gasteiger partial charge is 0.231 e. The average molecular weight is 319 g/mol. The topological polar surface area (TPSA) is 83.6 Å². The van der Waals surface area contributed by atoms with Gasteiger partial charge in [0.15, 0.2) is 5.16 Å². The molecule has 1 aliphatic rings. The highest BCUT2D eigenvalue weighted by atomic mass is 32.2. The number of hydrogen-bond acceptors (Lipinski definition) is 5. The number of carbonyl (C=O) groups is 1. The third-order valence-corrected chi connectivity index (χ3v) is 4.81. The first-order valence-corrected chi connectivity index (χ1v) is 8.44. The fourth-order valence-electron chi connectivity index (χ4n) is 2.66. The minimum Gasteiger partial charge on any atom is -0.337 e. The third-order valence-electron chi connectivity index (χ3n) is 3.85. The van der Waals surface area contributed by atoms with E-state index in [0.29, 0.717) is 11.7 Å². The summed E-state index contributed by atoms with van der Waals surface area (Å²) in [4.78, 5) is 12.2. The lowest BCUT2D eigenvalue weighted by molar-refractivity contribution is -0.120. The van der Waals surface area contributed by atoms with Crippen molar-refractivity contribution in [2.45, 2.75) is 56.3 Å². The Morgan fingerprint density at radius 2 is 2.23 bits per heavy atom. The minimum atomic E-state index is -0.680. The predicted octanol–water partition coefficient (Wildman–Crippen LogP) is 2.21. The van der Waals surface area contributed by atoms with Crippen LogP contribution in [0.5, 0.6) is 0 Å². The van der Waals surface area contributed by atoms with Crippen molar-refractivity contribution in [3.8, 4) is 6.07 Å². The quantitative estimate of drug-likeness (QED) is 0.642. The summed E-state index contributed by atoms with van der Waals surface area (Å²) in [6.07, 6.45) is 6.38. The van der Waals surface area contributed by atoms with Crippen LogP contribution in [0.2, 0.25) is 0 Å². The zero-order valence-electron chi connectivity index (χ0n) is 12.8. The standard InChI is InChI=1S/C15H21N5OS/c1-3-9-20-12(2)18-19-14(20)22-10-13(21)17-15(11-16)7-5-4-6-8-15/h3H,1,4-10H2,2H3,(H,17,21). The number of rotatable bonds is 6. The van der Waals surface area contributed by atoms with Crippen LogP contribution in [0.4, 0.5) is 0 Å². The Balaban J connectivity index is 1.93. The van der Waals surface area contributed by atoms with Crippen molar-refractivity contribution < 1.29 is 4.79 Å². The van der Waals surface area contributed by atoms with E-state index in [1.165, 1.54) is 11.8 Å². The zero-order valence-corrected chi connectivity index (χ0v) is 13.7. The van der Waals surface area contributed by atoms with Crippen molar-refractivity contribution in [3.05, 3.63) is 18.5 Å². The molecule has 0 saturated heterocycles. The number of hydrogen-bond donors (Lipinski definition) is 1. The largest absolute Gasteiger partial charge is 0.337 e. The Morgan fingerprint density at radius 3 is 2.86 bits per heavy atom. The second-order valence-electron chi connectivity index (χ2n) is 5.52. The molecule has 1 heterocycles. The number of nitrogens with one attached hydrogen (secondary N) is 1. The van der Waals surface area contributed by atoms with Crippen molar-refractivity contribution in [2.24, 2.45) is 0 Å². The van der Waals surface area contributed by atoms with Gasteiger partial charge in [-0.25, -0.2) is 0 Å². The number of allylic oxidation sites excluding steroid dienone is 1. The van der Waals surface area contributed by atoms with Gasteiger partial charge in [0.25, 0.3) is 0 Å². The molecule has 1 fully saturated rings. The van der Waals surface area contributed by atoms with Gasteiger partial charge >= 0.3 is 0 Å². The van der Waals surface area contributed by atoms with Gasteiger partial charge in [-0.1, -0.05) is 37.1 Å². The maximum absolute atomic E-state index is 12.2. The maximum atomic E-state index is 12.2. The van der Waals surface area contributed by atoms with Crippen molar-refractivity contribution in [2.75, 3.05) is 5.75 Å². The lowest BCUT2D eigenvalue weighted by Crippen LogP contribution is -2.49. The normalized spacial score (nSPS) is 16.7. The maximum Gasteiger partial charge on any atom is 0.231 e. The summed E-state index contributed by atoms with van der Waals surface area (Å²) in [5.41, 5.74) is -0.680. The summed E-state index contributed by atoms with van der Waals surface area (Å²) in [6, 6.07) is 2.29. The lowest BCUT2D eigenvalue weighted by atomic mass is 9.83. The monoisotopic (exact) mass is 319 g/mol. The third kappa shape index (κ3) is 3.89. The van der Waals surface area contributed by atoms with Crippen molar-refractivity contribution in [1.82, 2.24) is 20.1 Å². The van der Waals surface area contributed by atoms with E-state index in [9.17, 15) is 10.1 Å². The number of carbonyl (C=O) groups excluding carboxylic acids is 1. The fraction of sp³-hybridized carbons (Fsp3) is 0.600. The molecule has 2 rings (SSSR count). The molecular weight excluding hydrogens is 298 g/mol. The number of nitrogens with zero attached hydrogens (tertiary/aromatic N) is 4. The molecule has 1 N–H and O–H groups in total. The zero-order chi connectivity index (χ0) is 16.0. The van der Waals surface area contributed by atoms with E-state index in [2.05, 4.69) is 28.2 Å². The van der Waals surface area contributed by atoms with Gasteiger partial charge in [-0.15, -0.1) is 16.8 Å². The van der Waals surface area contributed by atoms with Crippen LogP contribution < -0.4 is 5.32 Å². The fourth-order valence-corrected chi connectivity index (χ4v) is 3.45. The highest BCUT2D eigenvalue weighted by Crippen LogP contribution is 2.27. The van der Waals surface area contributed by atoms with E-state index < -0.39 is 5.54 Å². The first kappa shape index (κ1) is 16.6. The first-order chi connectivity index (χ1) is 10.6. The van der Waals surface area contributed by atoms with E-state index in [-0.39, 0.29) is 11.7 Å². The Labute approximate surface area is 135 Å². The van der Waals surface area contributed by atoms with E-state index in [0.717, 1.165) is 37.9 Å². The van der Waals surface area contributed by atoms with Crippen LogP contribution in [0.1, 0.15) is 37.9 Å². The molecule has 0 spiro atoms. The van der Waals surface area contributed by atoms with Gasteiger partial charge in [0.2, 0.25) is 5.91 Å². The molecule has 0 atom stereocenters. The van der Waals surface area contributed by atoms with Crippen LogP contribution in [-0.2, 0) is 11.3 Å². The molecule has 22 heavy (non-hydrogen) atoms. The molecule has 1 aromatic heterocycles. The van der Waals surface area contributed by atoms with Gasteiger partial charge in [0.1, 0.15) is 11.4 Å². The molecule has 1 aromatic rings. The van der Waals surface area contributed by atoms with E-state index >= 15 is 0 Å². The van der Waals surface area contributed by atoms with E-state index in [1.807, 2.05) is 11.5 Å². The van der Waals surface area contributed by atoms with Crippen molar-refractivity contribution in [3.63, 3.8) is 0 Å². The molecule has 7 heteroatoms. The molecule has 1 amide bonds. The Hall–Kier alpha value is -1.81. The number of aromatic nitrogens is 3. The second kappa shape index (κ2) is 7.45. The van der Waals surface area contributed by atoms with Crippen LogP contribution in [0.15, 0.2) is 17.8 Å². The Morgan fingerprint density at radius 1 is 1.50 bits per heavy atom. The molecule has 0 unspecified atom stereocenters. The Kier molecular flexibility index (Phi) is 5.61. The van der Waals surface area contributed by atoms with Crippen molar-refractivity contribution >= 4 is 17.7 Å². The molecule has 118 valence electrons. The summed E-state index contributed by atoms with van der Waals surface area (Å²) in [6.45, 7) is 6.19. The molecule has 0 aliphatic heterocycles. The van der Waals surface area contributed by atoms with E-state index in [1.54, 1.807) is 6.08 Å². The van der Waals surface area contributed by atoms with Gasteiger partial charge in [-0.3, -0.25) is 4.79 Å². The number of aryl methyl sites for hydroxylation is 1. The SMILES string of the molecule is C=CCn1c(C)nnc1SCC(=O)NC1(C#N)CCCCC1. The lowest BCUT2D eigenvalue weighted by Gasteiger charge is -2.31. The molecule has 0 aromatic carbocycles. The average Bonchev–Trinajstić information content (AvgIpc) is 2.87. The van der Waals surface area contributed by atoms with Gasteiger partial charge in [-0.2, -0.15) is 5.26 Å². The van der Waals surface area contributed by atoms with Gasteiger partial charge in [0.05, 0.1) is 11.8 Å². The first-order valence-electron chi connectivity index (χ1n) is 7.46. The highest BCUT2D eigenvalue weighted by molar-refractivity contribution is 7.99. The molecule has 6 nitrogen and oxygen atoms in total. The Bertz CT molecular complexity index is 583. The van der Waals surface area contributed by atoms with E-state index in [4.69, 9.17) is 0 Å². The molecule has 0 bridgehead atoms. The van der Waals surface area contributed by atoms with Gasteiger partial charge < -0.3 is 9.88 Å². The predicted molar refractivity (Wildman–Crippen MR) is 85.3 cm³/mol. The summed E-state index contributed by atoms with van der Waals surface area (Å²) in [7, 11) is 0. The van der Waals surface area contributed by atoms with Gasteiger partial charge in [0, 0.05) is 6.54 Å². The summed E-state index contributed by atoms with van der Waals surface area (Å²) in [5.74, 6) is 0.904. The number of amides is 1. The molecule has 1 aliphatic carbocycles. The van der Waals surface area contributed by atoms with Crippen LogP contribution >= 0.6 is 11.8 Å². The van der Waals surface area contributed by atoms with Crippen molar-refractivity contribution in [1.29, 1.82) is 5.26 Å². The highest BCUT2D eigenvalue weighted by Gasteiger charge is 2.33. The van der Waals surface area contributed by atoms with Crippen LogP contribution in [0, 0.1) is 18.3 Å². The van der Waals surface area contributed by atoms with Crippen LogP contribution in [0.3, 0.4) is 0 Å². The number of nitriles is 1. The molecule has 1 saturated carbocycles. The van der Waals surface area contributed by atoms with Crippen LogP contribution in [-0.4, -0.2) is 32.0 Å². The summed E-state index contributed by atoms with van der Waals surface area (Å²) < 4.78 is 1.91. The molecule has 0 radical (unpaired) electrons. The van der Waals surface area contributed by atoms with Gasteiger partial charge in [-0.05, 0) is 19.8 Å². The molecular formula is C15H21N5OS. The summed E-state index contributed by atoms with van der Waals surface area (Å²) >= 11 is 1.33. The second-order valence-corrected chi connectivity index (χ2v) is 6.46. The van der Waals surface area contributed by atoms with Crippen LogP contribution in [0.25, 0.3) is 0 Å².